The lowest BCUT2D eigenvalue weighted by Gasteiger charge is -2.34. The minimum Gasteiger partial charge on any atom is -0.369 e. The zero-order chi connectivity index (χ0) is 13.7. The highest BCUT2D eigenvalue weighted by Crippen LogP contribution is 2.23. The highest BCUT2D eigenvalue weighted by molar-refractivity contribution is 5.83. The Kier molecular flexibility index (Phi) is 4.54. The average molecular weight is 263 g/mol. The van der Waals surface area contributed by atoms with Crippen LogP contribution < -0.4 is 16.0 Å². The predicted molar refractivity (Wildman–Crippen MR) is 75.0 cm³/mol. The Morgan fingerprint density at radius 1 is 1.53 bits per heavy atom. The van der Waals surface area contributed by atoms with E-state index in [1.54, 1.807) is 12.4 Å². The first-order valence-corrected chi connectivity index (χ1v) is 6.84. The van der Waals surface area contributed by atoms with Crippen LogP contribution in [-0.4, -0.2) is 35.0 Å². The van der Waals surface area contributed by atoms with Gasteiger partial charge in [0.25, 0.3) is 0 Å². The van der Waals surface area contributed by atoms with Gasteiger partial charge >= 0.3 is 0 Å². The van der Waals surface area contributed by atoms with Crippen molar-refractivity contribution in [3.8, 4) is 0 Å². The van der Waals surface area contributed by atoms with Gasteiger partial charge in [-0.15, -0.1) is 0 Å². The summed E-state index contributed by atoms with van der Waals surface area (Å²) in [6.07, 6.45) is 7.30. The quantitative estimate of drug-likeness (QED) is 0.832. The first-order chi connectivity index (χ1) is 9.22. The largest absolute Gasteiger partial charge is 0.369 e. The zero-order valence-electron chi connectivity index (χ0n) is 11.3. The second kappa shape index (κ2) is 6.36. The second-order valence-corrected chi connectivity index (χ2v) is 4.80. The van der Waals surface area contributed by atoms with Crippen LogP contribution >= 0.6 is 0 Å². The van der Waals surface area contributed by atoms with Crippen molar-refractivity contribution >= 4 is 17.5 Å². The molecule has 1 atom stereocenters. The third-order valence-corrected chi connectivity index (χ3v) is 3.30. The summed E-state index contributed by atoms with van der Waals surface area (Å²) in [6.45, 7) is 3.76. The fourth-order valence-electron chi connectivity index (χ4n) is 2.33. The number of primary amides is 1. The number of rotatable bonds is 5. The summed E-state index contributed by atoms with van der Waals surface area (Å²) < 4.78 is 0. The number of hydrogen-bond acceptors (Lipinski definition) is 5. The first kappa shape index (κ1) is 13.6. The third-order valence-electron chi connectivity index (χ3n) is 3.30. The number of piperidine rings is 1. The van der Waals surface area contributed by atoms with Gasteiger partial charge in [-0.05, 0) is 25.7 Å². The van der Waals surface area contributed by atoms with E-state index in [1.165, 1.54) is 0 Å². The van der Waals surface area contributed by atoms with Crippen molar-refractivity contribution in [2.45, 2.75) is 38.6 Å². The molecule has 1 aromatic rings. The molecule has 1 unspecified atom stereocenters. The van der Waals surface area contributed by atoms with E-state index >= 15 is 0 Å². The number of anilines is 2. The van der Waals surface area contributed by atoms with Crippen molar-refractivity contribution in [1.29, 1.82) is 0 Å². The van der Waals surface area contributed by atoms with Crippen LogP contribution in [0.1, 0.15) is 32.6 Å². The maximum Gasteiger partial charge on any atom is 0.240 e. The summed E-state index contributed by atoms with van der Waals surface area (Å²) in [5, 5.41) is 3.20. The summed E-state index contributed by atoms with van der Waals surface area (Å²) >= 11 is 0. The molecule has 0 aromatic carbocycles. The number of aromatic nitrogens is 2. The summed E-state index contributed by atoms with van der Waals surface area (Å²) in [6, 6.07) is -0.260. The molecule has 6 heteroatoms. The van der Waals surface area contributed by atoms with Crippen molar-refractivity contribution in [1.82, 2.24) is 9.97 Å². The van der Waals surface area contributed by atoms with Crippen LogP contribution in [0.5, 0.6) is 0 Å². The Bertz CT molecular complexity index is 437. The number of hydrogen-bond donors (Lipinski definition) is 2. The summed E-state index contributed by atoms with van der Waals surface area (Å²) in [5.74, 6) is 1.19. The predicted octanol–water partition coefficient (Wildman–Crippen LogP) is 1.14. The molecule has 104 valence electrons. The van der Waals surface area contributed by atoms with Gasteiger partial charge in [-0.25, -0.2) is 4.98 Å². The van der Waals surface area contributed by atoms with Crippen LogP contribution in [0.2, 0.25) is 0 Å². The lowest BCUT2D eigenvalue weighted by molar-refractivity contribution is -0.119. The summed E-state index contributed by atoms with van der Waals surface area (Å²) in [7, 11) is 0. The van der Waals surface area contributed by atoms with Crippen molar-refractivity contribution in [3.05, 3.63) is 12.4 Å². The Morgan fingerprint density at radius 3 is 3.11 bits per heavy atom. The van der Waals surface area contributed by atoms with Gasteiger partial charge in [0, 0.05) is 13.1 Å². The molecular weight excluding hydrogens is 242 g/mol. The Balaban J connectivity index is 2.16. The molecule has 1 saturated heterocycles. The van der Waals surface area contributed by atoms with E-state index in [1.807, 2.05) is 4.90 Å². The topological polar surface area (TPSA) is 84.1 Å². The van der Waals surface area contributed by atoms with Crippen LogP contribution in [0.4, 0.5) is 11.6 Å². The highest BCUT2D eigenvalue weighted by Gasteiger charge is 2.28. The molecule has 0 radical (unpaired) electrons. The van der Waals surface area contributed by atoms with Crippen LogP contribution in [0.3, 0.4) is 0 Å². The lowest BCUT2D eigenvalue weighted by atomic mass is 10.0. The normalized spacial score (nSPS) is 19.2. The molecule has 0 saturated carbocycles. The third kappa shape index (κ3) is 3.33. The number of nitrogens with zero attached hydrogens (tertiary/aromatic N) is 3. The van der Waals surface area contributed by atoms with E-state index in [0.29, 0.717) is 0 Å². The molecule has 2 heterocycles. The first-order valence-electron chi connectivity index (χ1n) is 6.84. The fourth-order valence-corrected chi connectivity index (χ4v) is 2.33. The molecule has 1 aliphatic rings. The molecule has 3 N–H and O–H groups in total. The van der Waals surface area contributed by atoms with E-state index in [-0.39, 0.29) is 11.9 Å². The van der Waals surface area contributed by atoms with Gasteiger partial charge in [-0.1, -0.05) is 6.92 Å². The van der Waals surface area contributed by atoms with E-state index in [0.717, 1.165) is 50.4 Å². The second-order valence-electron chi connectivity index (χ2n) is 4.80. The number of carbonyl (C=O) groups is 1. The SMILES string of the molecule is CCCNc1cncc(N2CCCCC2C(N)=O)n1. The number of nitrogens with two attached hydrogens (primary N) is 1. The van der Waals surface area contributed by atoms with Crippen LogP contribution in [0, 0.1) is 0 Å². The molecule has 0 bridgehead atoms. The molecule has 19 heavy (non-hydrogen) atoms. The van der Waals surface area contributed by atoms with E-state index in [4.69, 9.17) is 5.73 Å². The van der Waals surface area contributed by atoms with Gasteiger partial charge in [0.1, 0.15) is 17.7 Å². The van der Waals surface area contributed by atoms with Crippen molar-refractivity contribution < 1.29 is 4.79 Å². The van der Waals surface area contributed by atoms with Crippen LogP contribution in [0.15, 0.2) is 12.4 Å². The standard InChI is InChI=1S/C13H21N5O/c1-2-6-16-11-8-15-9-12(17-11)18-7-4-3-5-10(18)13(14)19/h8-10H,2-7H2,1H3,(H2,14,19)(H,16,17). The summed E-state index contributed by atoms with van der Waals surface area (Å²) in [4.78, 5) is 22.2. The molecule has 2 rings (SSSR count). The van der Waals surface area contributed by atoms with Crippen molar-refractivity contribution in [2.24, 2.45) is 5.73 Å². The van der Waals surface area contributed by atoms with Gasteiger partial charge in [0.05, 0.1) is 12.4 Å². The van der Waals surface area contributed by atoms with Crippen molar-refractivity contribution in [3.63, 3.8) is 0 Å². The molecule has 0 aliphatic carbocycles. The molecule has 1 fully saturated rings. The Labute approximate surface area is 113 Å². The van der Waals surface area contributed by atoms with Crippen LogP contribution in [0.25, 0.3) is 0 Å². The fraction of sp³-hybridized carbons (Fsp3) is 0.615. The molecule has 1 aromatic heterocycles. The van der Waals surface area contributed by atoms with E-state index < -0.39 is 0 Å². The van der Waals surface area contributed by atoms with E-state index in [2.05, 4.69) is 22.2 Å². The molecule has 0 spiro atoms. The molecule has 1 amide bonds. The Hall–Kier alpha value is -1.85. The van der Waals surface area contributed by atoms with Crippen LogP contribution in [-0.2, 0) is 4.79 Å². The van der Waals surface area contributed by atoms with E-state index in [9.17, 15) is 4.79 Å². The minimum atomic E-state index is -0.284. The maximum atomic E-state index is 11.5. The smallest absolute Gasteiger partial charge is 0.240 e. The van der Waals surface area contributed by atoms with Gasteiger partial charge in [0.15, 0.2) is 0 Å². The maximum absolute atomic E-state index is 11.5. The molecule has 1 aliphatic heterocycles. The molecule has 6 nitrogen and oxygen atoms in total. The van der Waals surface area contributed by atoms with Gasteiger partial charge < -0.3 is 16.0 Å². The highest BCUT2D eigenvalue weighted by atomic mass is 16.1. The number of nitrogens with one attached hydrogen (secondary N) is 1. The Morgan fingerprint density at radius 2 is 2.37 bits per heavy atom. The average Bonchev–Trinajstić information content (AvgIpc) is 2.45. The number of amides is 1. The summed E-state index contributed by atoms with van der Waals surface area (Å²) in [5.41, 5.74) is 5.47. The lowest BCUT2D eigenvalue weighted by Crippen LogP contribution is -2.48. The minimum absolute atomic E-state index is 0.260. The molecular formula is C13H21N5O. The van der Waals surface area contributed by atoms with Gasteiger partial charge in [-0.3, -0.25) is 9.78 Å². The van der Waals surface area contributed by atoms with Gasteiger partial charge in [-0.2, -0.15) is 0 Å². The monoisotopic (exact) mass is 263 g/mol. The van der Waals surface area contributed by atoms with Gasteiger partial charge in [0.2, 0.25) is 5.91 Å². The zero-order valence-corrected chi connectivity index (χ0v) is 11.3. The number of carbonyl (C=O) groups excluding carboxylic acids is 1. The van der Waals surface area contributed by atoms with Crippen molar-refractivity contribution in [2.75, 3.05) is 23.3 Å².